The number of piperazine rings is 1. The average molecular weight is 560 g/mol. The number of benzene rings is 1. The Kier molecular flexibility index (Phi) is 9.84. The molecule has 1 aliphatic heterocycles. The van der Waals surface area contributed by atoms with Gasteiger partial charge in [-0.05, 0) is 69.6 Å². The van der Waals surface area contributed by atoms with Crippen LogP contribution in [0.5, 0.6) is 0 Å². The van der Waals surface area contributed by atoms with Crippen molar-refractivity contribution in [1.29, 1.82) is 0 Å². The second kappa shape index (κ2) is 12.7. The van der Waals surface area contributed by atoms with Crippen molar-refractivity contribution in [2.75, 3.05) is 51.3 Å². The quantitative estimate of drug-likeness (QED) is 0.399. The lowest BCUT2D eigenvalue weighted by Crippen LogP contribution is -2.45. The zero-order valence-corrected chi connectivity index (χ0v) is 23.4. The summed E-state index contributed by atoms with van der Waals surface area (Å²) in [5, 5.41) is 8.15. The number of rotatable bonds is 5. The predicted molar refractivity (Wildman–Crippen MR) is 150 cm³/mol. The Morgan fingerprint density at radius 1 is 1.12 bits per heavy atom. The maximum absolute atomic E-state index is 10.6. The molecule has 8 nitrogen and oxygen atoms in total. The van der Waals surface area contributed by atoms with E-state index in [4.69, 9.17) is 20.4 Å². The van der Waals surface area contributed by atoms with Crippen LogP contribution in [0.4, 0.5) is 18.9 Å². The number of nitrogens with one attached hydrogen (secondary N) is 1. The molecule has 1 fully saturated rings. The average Bonchev–Trinajstić information content (AvgIpc) is 3.29. The first-order valence-corrected chi connectivity index (χ1v) is 12.9. The number of likely N-dealkylation sites (N-methyl/N-ethyl adjacent to an activating group) is 1. The summed E-state index contributed by atoms with van der Waals surface area (Å²) in [4.78, 5) is 21.7. The Balaban J connectivity index is 0.000000559. The van der Waals surface area contributed by atoms with Crippen molar-refractivity contribution in [3.8, 4) is 23.0 Å². The fraction of sp³-hybridized carbons (Fsp3) is 0.448. The Bertz CT molecular complexity index is 1370. The number of anilines is 1. The number of hydrogen-bond donors (Lipinski definition) is 3. The van der Waals surface area contributed by atoms with Gasteiger partial charge in [0.05, 0.1) is 12.2 Å². The Hall–Kier alpha value is -3.59. The summed E-state index contributed by atoms with van der Waals surface area (Å²) in [6, 6.07) is 6.75. The second-order valence-electron chi connectivity index (χ2n) is 10.3. The summed E-state index contributed by atoms with van der Waals surface area (Å²) in [5.41, 5.74) is 13.0. The number of aromatic nitrogens is 2. The first-order valence-electron chi connectivity index (χ1n) is 12.9. The number of nitrogens with zero attached hydrogens (tertiary/aromatic N) is 3. The smallest absolute Gasteiger partial charge is 0.475 e. The highest BCUT2D eigenvalue weighted by Crippen LogP contribution is 2.33. The van der Waals surface area contributed by atoms with Crippen molar-refractivity contribution in [1.82, 2.24) is 14.9 Å². The number of aliphatic carboxylic acids is 1. The number of nitrogens with two attached hydrogens (primary N) is 1. The second-order valence-corrected chi connectivity index (χ2v) is 10.3. The largest absolute Gasteiger partial charge is 0.490 e. The zero-order valence-electron chi connectivity index (χ0n) is 23.4. The number of carboxylic acids is 1. The molecule has 216 valence electrons. The van der Waals surface area contributed by atoms with Crippen LogP contribution >= 0.6 is 0 Å². The Morgan fingerprint density at radius 2 is 1.73 bits per heavy atom. The molecule has 2 aromatic heterocycles. The van der Waals surface area contributed by atoms with E-state index in [1.165, 1.54) is 22.4 Å². The molecule has 0 radical (unpaired) electrons. The van der Waals surface area contributed by atoms with Gasteiger partial charge >= 0.3 is 12.1 Å². The molecule has 0 aliphatic carbocycles. The maximum Gasteiger partial charge on any atom is 0.490 e. The first-order chi connectivity index (χ1) is 18.7. The molecule has 4 N–H and O–H groups in total. The molecule has 0 saturated carbocycles. The van der Waals surface area contributed by atoms with E-state index in [2.05, 4.69) is 70.7 Å². The third-order valence-corrected chi connectivity index (χ3v) is 6.50. The topological polar surface area (TPSA) is 108 Å². The van der Waals surface area contributed by atoms with Crippen molar-refractivity contribution in [2.45, 2.75) is 39.5 Å². The van der Waals surface area contributed by atoms with E-state index in [1.54, 1.807) is 0 Å². The maximum atomic E-state index is 10.6. The van der Waals surface area contributed by atoms with Crippen molar-refractivity contribution in [2.24, 2.45) is 5.73 Å². The van der Waals surface area contributed by atoms with E-state index >= 15 is 0 Å². The van der Waals surface area contributed by atoms with Crippen LogP contribution in [-0.2, 0) is 9.53 Å². The lowest BCUT2D eigenvalue weighted by atomic mass is 9.98. The standard InChI is InChI=1S/C27H35N5O.C2HF3O2/c1-19-14-22(15-20(2)25(19)32-11-9-31(5)10-12-32)23-16-24-21(17-29-26(24)30-18-23)6-7-27(3,4)33-13-8-28;3-2(4,5)1(6)7/h14-18H,8-13,28H2,1-5H3,(H,29,30);(H,6,7). The minimum atomic E-state index is -5.08. The monoisotopic (exact) mass is 559 g/mol. The lowest BCUT2D eigenvalue weighted by Gasteiger charge is -2.36. The third-order valence-electron chi connectivity index (χ3n) is 6.50. The molecule has 1 saturated heterocycles. The number of alkyl halides is 3. The van der Waals surface area contributed by atoms with Crippen molar-refractivity contribution in [3.63, 3.8) is 0 Å². The van der Waals surface area contributed by atoms with Crippen LogP contribution in [0, 0.1) is 25.7 Å². The number of H-pyrrole nitrogens is 1. The van der Waals surface area contributed by atoms with E-state index < -0.39 is 17.7 Å². The fourth-order valence-electron chi connectivity index (χ4n) is 4.48. The number of carboxylic acid groups (broad SMARTS) is 1. The van der Waals surface area contributed by atoms with Gasteiger partial charge in [-0.25, -0.2) is 9.78 Å². The Morgan fingerprint density at radius 3 is 2.27 bits per heavy atom. The molecule has 0 amide bonds. The van der Waals surface area contributed by atoms with Crippen LogP contribution in [0.1, 0.15) is 30.5 Å². The van der Waals surface area contributed by atoms with Crippen LogP contribution < -0.4 is 10.6 Å². The van der Waals surface area contributed by atoms with Gasteiger partial charge in [0.15, 0.2) is 0 Å². The van der Waals surface area contributed by atoms with Gasteiger partial charge in [0.2, 0.25) is 0 Å². The van der Waals surface area contributed by atoms with Gasteiger partial charge in [0.1, 0.15) is 11.2 Å². The molecule has 40 heavy (non-hydrogen) atoms. The molecule has 11 heteroatoms. The van der Waals surface area contributed by atoms with Crippen molar-refractivity contribution >= 4 is 22.7 Å². The summed E-state index contributed by atoms with van der Waals surface area (Å²) < 4.78 is 37.5. The number of halogens is 3. The summed E-state index contributed by atoms with van der Waals surface area (Å²) >= 11 is 0. The number of ether oxygens (including phenoxy) is 1. The van der Waals surface area contributed by atoms with E-state index in [0.29, 0.717) is 13.2 Å². The highest BCUT2D eigenvalue weighted by molar-refractivity contribution is 5.87. The molecule has 0 atom stereocenters. The van der Waals surface area contributed by atoms with Gasteiger partial charge in [0, 0.05) is 61.8 Å². The molecule has 1 aliphatic rings. The number of fused-ring (bicyclic) bond motifs is 1. The minimum Gasteiger partial charge on any atom is -0.475 e. The predicted octanol–water partition coefficient (Wildman–Crippen LogP) is 4.34. The molecule has 4 rings (SSSR count). The SMILES string of the molecule is Cc1cc(-c2cnc3[nH]cc(C#CC(C)(C)OCCN)c3c2)cc(C)c1N1CCN(C)CC1.O=C(O)C(F)(F)F. The Labute approximate surface area is 232 Å². The number of aromatic amines is 1. The molecule has 3 heterocycles. The van der Waals surface area contributed by atoms with Crippen LogP contribution in [0.25, 0.3) is 22.2 Å². The number of aryl methyl sites for hydroxylation is 2. The third kappa shape index (κ3) is 7.97. The number of hydrogen-bond acceptors (Lipinski definition) is 6. The van der Waals surface area contributed by atoms with Gasteiger partial charge in [-0.15, -0.1) is 0 Å². The highest BCUT2D eigenvalue weighted by Gasteiger charge is 2.38. The van der Waals surface area contributed by atoms with E-state index in [1.807, 2.05) is 26.2 Å². The minimum absolute atomic E-state index is 0.484. The van der Waals surface area contributed by atoms with E-state index in [-0.39, 0.29) is 0 Å². The van der Waals surface area contributed by atoms with Crippen LogP contribution in [-0.4, -0.2) is 84.1 Å². The van der Waals surface area contributed by atoms with Crippen molar-refractivity contribution < 1.29 is 27.8 Å². The lowest BCUT2D eigenvalue weighted by molar-refractivity contribution is -0.192. The number of carbonyl (C=O) groups is 1. The highest BCUT2D eigenvalue weighted by atomic mass is 19.4. The van der Waals surface area contributed by atoms with Crippen LogP contribution in [0.15, 0.2) is 30.6 Å². The molecule has 0 spiro atoms. The van der Waals surface area contributed by atoms with Gasteiger partial charge in [0.25, 0.3) is 0 Å². The van der Waals surface area contributed by atoms with Gasteiger partial charge in [-0.2, -0.15) is 13.2 Å². The molecular formula is C29H36F3N5O3. The molecule has 0 unspecified atom stereocenters. The van der Waals surface area contributed by atoms with Crippen LogP contribution in [0.2, 0.25) is 0 Å². The van der Waals surface area contributed by atoms with E-state index in [9.17, 15) is 13.2 Å². The zero-order chi connectivity index (χ0) is 29.7. The van der Waals surface area contributed by atoms with Gasteiger partial charge in [-0.1, -0.05) is 11.8 Å². The molecule has 1 aromatic carbocycles. The van der Waals surface area contributed by atoms with Crippen LogP contribution in [0.3, 0.4) is 0 Å². The van der Waals surface area contributed by atoms with E-state index in [0.717, 1.165) is 48.3 Å². The molecule has 0 bridgehead atoms. The summed E-state index contributed by atoms with van der Waals surface area (Å²) in [6.45, 7) is 13.7. The molecule has 3 aromatic rings. The summed E-state index contributed by atoms with van der Waals surface area (Å²) in [7, 11) is 2.19. The first kappa shape index (κ1) is 30.9. The summed E-state index contributed by atoms with van der Waals surface area (Å²) in [5.74, 6) is 3.75. The summed E-state index contributed by atoms with van der Waals surface area (Å²) in [6.07, 6.45) is -1.23. The fourth-order valence-corrected chi connectivity index (χ4v) is 4.48. The number of pyridine rings is 1. The van der Waals surface area contributed by atoms with Gasteiger partial charge in [-0.3, -0.25) is 0 Å². The normalized spacial score (nSPS) is 14.4. The molecular weight excluding hydrogens is 523 g/mol. The van der Waals surface area contributed by atoms with Crippen molar-refractivity contribution in [3.05, 3.63) is 47.3 Å². The van der Waals surface area contributed by atoms with Gasteiger partial charge < -0.3 is 30.4 Å².